The summed E-state index contributed by atoms with van der Waals surface area (Å²) in [4.78, 5) is 14.6. The van der Waals surface area contributed by atoms with Crippen LogP contribution in [0.2, 0.25) is 0 Å². The van der Waals surface area contributed by atoms with Gasteiger partial charge in [0.2, 0.25) is 5.91 Å². The fourth-order valence-corrected chi connectivity index (χ4v) is 4.85. The Morgan fingerprint density at radius 3 is 2.64 bits per heavy atom. The van der Waals surface area contributed by atoms with Gasteiger partial charge in [-0.1, -0.05) is 12.8 Å². The van der Waals surface area contributed by atoms with E-state index in [2.05, 4.69) is 17.1 Å². The highest BCUT2D eigenvalue weighted by atomic mass is 35.5. The molecule has 1 aliphatic heterocycles. The van der Waals surface area contributed by atoms with Crippen molar-refractivity contribution >= 4 is 18.3 Å². The minimum atomic E-state index is 0. The largest absolute Gasteiger partial charge is 0.378 e. The fourth-order valence-electron chi connectivity index (χ4n) is 4.85. The predicted molar refractivity (Wildman–Crippen MR) is 90.4 cm³/mol. The van der Waals surface area contributed by atoms with E-state index in [1.165, 1.54) is 32.1 Å². The average Bonchev–Trinajstić information content (AvgIpc) is 3.14. The van der Waals surface area contributed by atoms with Gasteiger partial charge in [-0.2, -0.15) is 0 Å². The average molecular weight is 331 g/mol. The number of carbonyl (C=O) groups excluding carboxylic acids is 1. The summed E-state index contributed by atoms with van der Waals surface area (Å²) in [5.41, 5.74) is 0.267. The van der Waals surface area contributed by atoms with Crippen LogP contribution in [0.5, 0.6) is 0 Å². The van der Waals surface area contributed by atoms with E-state index in [1.54, 1.807) is 0 Å². The van der Waals surface area contributed by atoms with Gasteiger partial charge in [-0.05, 0) is 45.6 Å². The van der Waals surface area contributed by atoms with Crippen LogP contribution in [0.15, 0.2) is 0 Å². The van der Waals surface area contributed by atoms with Crippen molar-refractivity contribution in [3.8, 4) is 0 Å². The highest BCUT2D eigenvalue weighted by Crippen LogP contribution is 2.56. The Morgan fingerprint density at radius 2 is 2.05 bits per heavy atom. The van der Waals surface area contributed by atoms with E-state index in [9.17, 15) is 4.79 Å². The van der Waals surface area contributed by atoms with E-state index in [0.29, 0.717) is 30.5 Å². The number of nitrogens with zero attached hydrogens (tertiary/aromatic N) is 1. The van der Waals surface area contributed by atoms with Gasteiger partial charge in [0.25, 0.3) is 0 Å². The summed E-state index contributed by atoms with van der Waals surface area (Å²) >= 11 is 0. The third-order valence-corrected chi connectivity index (χ3v) is 6.09. The molecule has 0 aromatic heterocycles. The maximum atomic E-state index is 12.6. The number of nitrogens with one attached hydrogen (secondary N) is 1. The Balaban J connectivity index is 0.00000176. The van der Waals surface area contributed by atoms with E-state index in [0.717, 1.165) is 26.0 Å². The van der Waals surface area contributed by atoms with E-state index in [1.807, 2.05) is 7.05 Å². The second kappa shape index (κ2) is 7.50. The van der Waals surface area contributed by atoms with Crippen molar-refractivity contribution in [2.24, 2.45) is 5.41 Å². The molecule has 3 unspecified atom stereocenters. The van der Waals surface area contributed by atoms with Gasteiger partial charge in [0.15, 0.2) is 0 Å². The molecule has 0 radical (unpaired) electrons. The lowest BCUT2D eigenvalue weighted by molar-refractivity contribution is -0.172. The monoisotopic (exact) mass is 330 g/mol. The Kier molecular flexibility index (Phi) is 6.14. The first-order chi connectivity index (χ1) is 10.2. The molecule has 5 heteroatoms. The van der Waals surface area contributed by atoms with Crippen molar-refractivity contribution in [3.63, 3.8) is 0 Å². The topological polar surface area (TPSA) is 41.6 Å². The van der Waals surface area contributed by atoms with Crippen LogP contribution in [0.4, 0.5) is 0 Å². The zero-order valence-corrected chi connectivity index (χ0v) is 14.8. The Labute approximate surface area is 140 Å². The molecule has 3 fully saturated rings. The number of ether oxygens (including phenoxy) is 1. The van der Waals surface area contributed by atoms with Crippen molar-refractivity contribution in [2.45, 2.75) is 76.5 Å². The first-order valence-corrected chi connectivity index (χ1v) is 8.78. The molecule has 0 aromatic rings. The zero-order chi connectivity index (χ0) is 14.9. The Hall–Kier alpha value is -0.320. The van der Waals surface area contributed by atoms with Crippen LogP contribution in [0, 0.1) is 5.41 Å². The predicted octanol–water partition coefficient (Wildman–Crippen LogP) is 2.75. The van der Waals surface area contributed by atoms with Crippen LogP contribution in [0.25, 0.3) is 0 Å². The Morgan fingerprint density at radius 1 is 1.32 bits per heavy atom. The summed E-state index contributed by atoms with van der Waals surface area (Å²) in [5, 5.41) is 3.44. The molecule has 3 rings (SSSR count). The molecule has 1 N–H and O–H groups in total. The molecule has 1 heterocycles. The van der Waals surface area contributed by atoms with Gasteiger partial charge >= 0.3 is 0 Å². The molecular formula is C17H31ClN2O2. The van der Waals surface area contributed by atoms with E-state index < -0.39 is 0 Å². The van der Waals surface area contributed by atoms with Gasteiger partial charge in [-0.3, -0.25) is 4.79 Å². The normalized spacial score (nSPS) is 32.5. The lowest BCUT2D eigenvalue weighted by Gasteiger charge is -2.57. The van der Waals surface area contributed by atoms with Gasteiger partial charge in [-0.15, -0.1) is 12.4 Å². The second-order valence-electron chi connectivity index (χ2n) is 7.14. The van der Waals surface area contributed by atoms with Gasteiger partial charge in [0.1, 0.15) is 0 Å². The molecule has 4 nitrogen and oxygen atoms in total. The highest BCUT2D eigenvalue weighted by molar-refractivity contribution is 5.85. The standard InChI is InChI=1S/C17H30N2O2.ClH/c1-3-21-15-12-14(17(15)8-4-5-9-17)19(2)16(20)11-13-7-6-10-18-13;/h13-15,18H,3-12H2,1-2H3;1H. The molecule has 1 amide bonds. The van der Waals surface area contributed by atoms with Crippen LogP contribution >= 0.6 is 12.4 Å². The maximum Gasteiger partial charge on any atom is 0.224 e. The van der Waals surface area contributed by atoms with Crippen molar-refractivity contribution in [2.75, 3.05) is 20.2 Å². The first-order valence-electron chi connectivity index (χ1n) is 8.78. The molecule has 0 bridgehead atoms. The summed E-state index contributed by atoms with van der Waals surface area (Å²) in [6.07, 6.45) is 9.52. The third kappa shape index (κ3) is 3.15. The summed E-state index contributed by atoms with van der Waals surface area (Å²) in [6, 6.07) is 0.813. The fraction of sp³-hybridized carbons (Fsp3) is 0.941. The number of halogens is 1. The molecule has 2 aliphatic carbocycles. The van der Waals surface area contributed by atoms with Crippen LogP contribution in [0.3, 0.4) is 0 Å². The molecule has 3 aliphatic rings. The zero-order valence-electron chi connectivity index (χ0n) is 14.0. The van der Waals surface area contributed by atoms with Crippen molar-refractivity contribution in [1.29, 1.82) is 0 Å². The third-order valence-electron chi connectivity index (χ3n) is 6.09. The smallest absolute Gasteiger partial charge is 0.224 e. The first kappa shape index (κ1) is 18.0. The molecule has 1 spiro atoms. The minimum absolute atomic E-state index is 0. The summed E-state index contributed by atoms with van der Waals surface area (Å²) < 4.78 is 5.96. The van der Waals surface area contributed by atoms with E-state index in [-0.39, 0.29) is 17.8 Å². The summed E-state index contributed by atoms with van der Waals surface area (Å²) in [6.45, 7) is 3.95. The van der Waals surface area contributed by atoms with E-state index >= 15 is 0 Å². The van der Waals surface area contributed by atoms with E-state index in [4.69, 9.17) is 4.74 Å². The van der Waals surface area contributed by atoms with Crippen LogP contribution in [-0.2, 0) is 9.53 Å². The molecule has 22 heavy (non-hydrogen) atoms. The van der Waals surface area contributed by atoms with Crippen LogP contribution in [0.1, 0.15) is 58.3 Å². The molecule has 2 saturated carbocycles. The van der Waals surface area contributed by atoms with Gasteiger partial charge in [0.05, 0.1) is 6.10 Å². The van der Waals surface area contributed by atoms with Crippen molar-refractivity contribution < 1.29 is 9.53 Å². The number of carbonyl (C=O) groups is 1. The second-order valence-corrected chi connectivity index (χ2v) is 7.14. The number of hydrogen-bond donors (Lipinski definition) is 1. The number of amides is 1. The highest BCUT2D eigenvalue weighted by Gasteiger charge is 2.58. The maximum absolute atomic E-state index is 12.6. The molecule has 1 saturated heterocycles. The quantitative estimate of drug-likeness (QED) is 0.842. The SMILES string of the molecule is CCOC1CC(N(C)C(=O)CC2CCCN2)C12CCCC2.Cl. The molecule has 128 valence electrons. The molecule has 3 atom stereocenters. The van der Waals surface area contributed by atoms with Crippen LogP contribution < -0.4 is 5.32 Å². The van der Waals surface area contributed by atoms with Crippen molar-refractivity contribution in [3.05, 3.63) is 0 Å². The van der Waals surface area contributed by atoms with Crippen molar-refractivity contribution in [1.82, 2.24) is 10.2 Å². The lowest BCUT2D eigenvalue weighted by atomic mass is 9.60. The summed E-state index contributed by atoms with van der Waals surface area (Å²) in [7, 11) is 2.02. The lowest BCUT2D eigenvalue weighted by Crippen LogP contribution is -2.64. The van der Waals surface area contributed by atoms with Crippen LogP contribution in [-0.4, -0.2) is 49.2 Å². The number of rotatable bonds is 5. The van der Waals surface area contributed by atoms with Gasteiger partial charge in [-0.25, -0.2) is 0 Å². The minimum Gasteiger partial charge on any atom is -0.378 e. The van der Waals surface area contributed by atoms with Gasteiger partial charge in [0, 0.05) is 37.6 Å². The summed E-state index contributed by atoms with van der Waals surface area (Å²) in [5.74, 6) is 0.320. The van der Waals surface area contributed by atoms with Gasteiger partial charge < -0.3 is 15.0 Å². The number of hydrogen-bond acceptors (Lipinski definition) is 3. The molecular weight excluding hydrogens is 300 g/mol. The molecule has 0 aromatic carbocycles. The Bertz CT molecular complexity index is 379.